The molecule has 0 spiro atoms. The normalized spacial score (nSPS) is 10.1. The van der Waals surface area contributed by atoms with Gasteiger partial charge in [0.1, 0.15) is 11.8 Å². The molecule has 3 rings (SSSR count). The first-order chi connectivity index (χ1) is 10.9. The van der Waals surface area contributed by atoms with Gasteiger partial charge in [0.05, 0.1) is 0 Å². The number of hydrogen-bond donors (Lipinski definition) is 1. The Kier molecular flexibility index (Phi) is 3.97. The maximum Gasteiger partial charge on any atom is 0.276 e. The summed E-state index contributed by atoms with van der Waals surface area (Å²) >= 11 is 0. The zero-order valence-electron chi connectivity index (χ0n) is 11.5. The summed E-state index contributed by atoms with van der Waals surface area (Å²) in [6, 6.07) is 7.45. The van der Waals surface area contributed by atoms with Crippen LogP contribution in [-0.2, 0) is 6.42 Å². The molecule has 3 aromatic heterocycles. The minimum Gasteiger partial charge on any atom is -0.367 e. The molecule has 0 saturated carbocycles. The summed E-state index contributed by atoms with van der Waals surface area (Å²) < 4.78 is 5.17. The minimum absolute atomic E-state index is 0.254. The average molecular weight is 293 g/mol. The molecule has 0 radical (unpaired) electrons. The molecule has 0 aliphatic rings. The van der Waals surface area contributed by atoms with Crippen molar-refractivity contribution in [3.8, 4) is 17.7 Å². The molecule has 0 saturated heterocycles. The van der Waals surface area contributed by atoms with Crippen LogP contribution in [0.3, 0.4) is 0 Å². The van der Waals surface area contributed by atoms with E-state index in [9.17, 15) is 0 Å². The molecule has 0 aliphatic heterocycles. The van der Waals surface area contributed by atoms with Crippen LogP contribution >= 0.6 is 0 Å². The van der Waals surface area contributed by atoms with E-state index < -0.39 is 0 Å². The van der Waals surface area contributed by atoms with E-state index in [-0.39, 0.29) is 5.69 Å². The zero-order chi connectivity index (χ0) is 15.2. The lowest BCUT2D eigenvalue weighted by Gasteiger charge is -2.03. The van der Waals surface area contributed by atoms with Crippen LogP contribution in [0.4, 0.5) is 5.82 Å². The first kappa shape index (κ1) is 13.6. The van der Waals surface area contributed by atoms with Crippen LogP contribution in [0.15, 0.2) is 41.3 Å². The fourth-order valence-corrected chi connectivity index (χ4v) is 1.79. The SMILES string of the molecule is N#Cc1nccnc1NCCc1noc(-c2ccccn2)n1. The molecule has 0 atom stereocenters. The molecule has 0 unspecified atom stereocenters. The molecule has 22 heavy (non-hydrogen) atoms. The van der Waals surface area contributed by atoms with Crippen molar-refractivity contribution >= 4 is 5.82 Å². The largest absolute Gasteiger partial charge is 0.367 e. The Hall–Kier alpha value is -3.34. The van der Waals surface area contributed by atoms with Crippen molar-refractivity contribution in [3.63, 3.8) is 0 Å². The van der Waals surface area contributed by atoms with E-state index in [2.05, 4.69) is 30.4 Å². The van der Waals surface area contributed by atoms with Gasteiger partial charge in [0.15, 0.2) is 17.3 Å². The molecule has 0 bridgehead atoms. The van der Waals surface area contributed by atoms with Gasteiger partial charge in [-0.3, -0.25) is 4.98 Å². The second-order valence-corrected chi connectivity index (χ2v) is 4.27. The summed E-state index contributed by atoms with van der Waals surface area (Å²) in [7, 11) is 0. The van der Waals surface area contributed by atoms with E-state index >= 15 is 0 Å². The predicted molar refractivity (Wildman–Crippen MR) is 76.5 cm³/mol. The van der Waals surface area contributed by atoms with E-state index in [0.29, 0.717) is 36.2 Å². The second kappa shape index (κ2) is 6.41. The molecule has 3 heterocycles. The maximum atomic E-state index is 8.93. The van der Waals surface area contributed by atoms with Crippen LogP contribution < -0.4 is 5.32 Å². The number of nitriles is 1. The Morgan fingerprint density at radius 3 is 2.86 bits per heavy atom. The van der Waals surface area contributed by atoms with Crippen LogP contribution in [0, 0.1) is 11.3 Å². The minimum atomic E-state index is 0.254. The summed E-state index contributed by atoms with van der Waals surface area (Å²) in [5, 5.41) is 15.9. The molecule has 0 amide bonds. The highest BCUT2D eigenvalue weighted by Crippen LogP contribution is 2.13. The van der Waals surface area contributed by atoms with Crippen LogP contribution in [0.25, 0.3) is 11.6 Å². The molecule has 3 aromatic rings. The molecule has 1 N–H and O–H groups in total. The highest BCUT2D eigenvalue weighted by Gasteiger charge is 2.10. The molecule has 8 heteroatoms. The Bertz CT molecular complexity index is 794. The quantitative estimate of drug-likeness (QED) is 0.751. The standard InChI is InChI=1S/C14H11N7O/c15-9-11-13(19-8-7-17-11)18-6-4-12-20-14(22-21-12)10-3-1-2-5-16-10/h1-3,5,7-8H,4,6H2,(H,18,19). The summed E-state index contributed by atoms with van der Waals surface area (Å²) in [4.78, 5) is 16.4. The van der Waals surface area contributed by atoms with Gasteiger partial charge < -0.3 is 9.84 Å². The summed E-state index contributed by atoms with van der Waals surface area (Å²) in [6.45, 7) is 0.508. The van der Waals surface area contributed by atoms with Gasteiger partial charge in [0.2, 0.25) is 0 Å². The fourth-order valence-electron chi connectivity index (χ4n) is 1.79. The van der Waals surface area contributed by atoms with Crippen LogP contribution in [-0.4, -0.2) is 31.6 Å². The Labute approximate surface area is 125 Å². The van der Waals surface area contributed by atoms with E-state index in [0.717, 1.165) is 0 Å². The third kappa shape index (κ3) is 3.04. The molecular formula is C14H11N7O. The van der Waals surface area contributed by atoms with Gasteiger partial charge in [-0.05, 0) is 12.1 Å². The van der Waals surface area contributed by atoms with E-state index in [1.807, 2.05) is 18.2 Å². The van der Waals surface area contributed by atoms with Gasteiger partial charge >= 0.3 is 0 Å². The van der Waals surface area contributed by atoms with Gasteiger partial charge in [0.25, 0.3) is 5.89 Å². The first-order valence-electron chi connectivity index (χ1n) is 6.56. The van der Waals surface area contributed by atoms with Crippen LogP contribution in [0.1, 0.15) is 11.5 Å². The molecule has 0 fully saturated rings. The molecular weight excluding hydrogens is 282 g/mol. The van der Waals surface area contributed by atoms with Crippen LogP contribution in [0.2, 0.25) is 0 Å². The second-order valence-electron chi connectivity index (χ2n) is 4.27. The van der Waals surface area contributed by atoms with Crippen molar-refractivity contribution in [3.05, 3.63) is 48.3 Å². The van der Waals surface area contributed by atoms with Gasteiger partial charge in [-0.1, -0.05) is 11.2 Å². The van der Waals surface area contributed by atoms with Crippen molar-refractivity contribution in [1.82, 2.24) is 25.1 Å². The number of aromatic nitrogens is 5. The highest BCUT2D eigenvalue weighted by atomic mass is 16.5. The number of pyridine rings is 1. The average Bonchev–Trinajstić information content (AvgIpc) is 3.05. The van der Waals surface area contributed by atoms with Crippen molar-refractivity contribution in [2.24, 2.45) is 0 Å². The zero-order valence-corrected chi connectivity index (χ0v) is 11.5. The van der Waals surface area contributed by atoms with Gasteiger partial charge in [-0.2, -0.15) is 10.2 Å². The van der Waals surface area contributed by atoms with E-state index in [1.54, 1.807) is 12.3 Å². The Morgan fingerprint density at radius 2 is 2.05 bits per heavy atom. The number of hydrogen-bond acceptors (Lipinski definition) is 8. The lowest BCUT2D eigenvalue weighted by atomic mass is 10.3. The van der Waals surface area contributed by atoms with Crippen molar-refractivity contribution < 1.29 is 4.52 Å². The molecule has 0 aromatic carbocycles. The van der Waals surface area contributed by atoms with Crippen molar-refractivity contribution in [2.75, 3.05) is 11.9 Å². The smallest absolute Gasteiger partial charge is 0.276 e. The fraction of sp³-hybridized carbons (Fsp3) is 0.143. The van der Waals surface area contributed by atoms with E-state index in [1.165, 1.54) is 12.4 Å². The maximum absolute atomic E-state index is 8.93. The third-order valence-corrected chi connectivity index (χ3v) is 2.80. The monoisotopic (exact) mass is 293 g/mol. The molecule has 8 nitrogen and oxygen atoms in total. The summed E-state index contributed by atoms with van der Waals surface area (Å²) in [6.07, 6.45) is 5.19. The highest BCUT2D eigenvalue weighted by molar-refractivity contribution is 5.47. The first-order valence-corrected chi connectivity index (χ1v) is 6.56. The van der Waals surface area contributed by atoms with Gasteiger partial charge in [-0.15, -0.1) is 0 Å². The molecule has 0 aliphatic carbocycles. The topological polar surface area (TPSA) is 113 Å². The summed E-state index contributed by atoms with van der Waals surface area (Å²) in [5.74, 6) is 1.38. The predicted octanol–water partition coefficient (Wildman–Crippen LogP) is 1.45. The van der Waals surface area contributed by atoms with E-state index in [4.69, 9.17) is 9.78 Å². The Balaban J connectivity index is 1.61. The third-order valence-electron chi connectivity index (χ3n) is 2.80. The Morgan fingerprint density at radius 1 is 1.14 bits per heavy atom. The molecule has 108 valence electrons. The number of anilines is 1. The van der Waals surface area contributed by atoms with Gasteiger partial charge in [0, 0.05) is 31.6 Å². The number of rotatable bonds is 5. The summed E-state index contributed by atoms with van der Waals surface area (Å²) in [5.41, 5.74) is 0.889. The van der Waals surface area contributed by atoms with Gasteiger partial charge in [-0.25, -0.2) is 9.97 Å². The van der Waals surface area contributed by atoms with Crippen molar-refractivity contribution in [2.45, 2.75) is 6.42 Å². The van der Waals surface area contributed by atoms with Crippen LogP contribution in [0.5, 0.6) is 0 Å². The number of nitrogens with one attached hydrogen (secondary N) is 1. The lowest BCUT2D eigenvalue weighted by Crippen LogP contribution is -2.09. The lowest BCUT2D eigenvalue weighted by molar-refractivity contribution is 0.421. The van der Waals surface area contributed by atoms with Crippen molar-refractivity contribution in [1.29, 1.82) is 5.26 Å². The number of nitrogens with zero attached hydrogens (tertiary/aromatic N) is 6.